The number of hydrogen-bond donors (Lipinski definition) is 1. The minimum absolute atomic E-state index is 0.0641. The fourth-order valence-electron chi connectivity index (χ4n) is 4.70. The lowest BCUT2D eigenvalue weighted by Crippen LogP contribution is -2.57. The summed E-state index contributed by atoms with van der Waals surface area (Å²) in [6.45, 7) is 1.53. The highest BCUT2D eigenvalue weighted by Gasteiger charge is 2.79. The Kier molecular flexibility index (Phi) is 4.94. The molecule has 4 atom stereocenters. The van der Waals surface area contributed by atoms with Crippen molar-refractivity contribution in [2.75, 3.05) is 0 Å². The van der Waals surface area contributed by atoms with E-state index in [0.717, 1.165) is 24.3 Å². The molecule has 1 N–H and O–H groups in total. The number of hydrogen-bond acceptors (Lipinski definition) is 6. The van der Waals surface area contributed by atoms with Gasteiger partial charge in [0.05, 0.1) is 29.7 Å². The van der Waals surface area contributed by atoms with Crippen molar-refractivity contribution in [3.63, 3.8) is 0 Å². The first-order chi connectivity index (χ1) is 15.5. The second kappa shape index (κ2) is 7.22. The van der Waals surface area contributed by atoms with Crippen molar-refractivity contribution in [2.24, 2.45) is 16.7 Å². The molecule has 0 radical (unpaired) electrons. The minimum atomic E-state index is -4.59. The quantitative estimate of drug-likeness (QED) is 0.625. The number of rotatable bonds is 2. The number of nitrogens with zero attached hydrogens (tertiary/aromatic N) is 3. The Hall–Kier alpha value is -3.58. The van der Waals surface area contributed by atoms with Crippen molar-refractivity contribution in [3.05, 3.63) is 70.2 Å². The molecule has 166 valence electrons. The van der Waals surface area contributed by atoms with Crippen LogP contribution >= 0.6 is 11.6 Å². The average Bonchev–Trinajstić information content (AvgIpc) is 2.95. The first kappa shape index (κ1) is 22.6. The van der Waals surface area contributed by atoms with E-state index in [4.69, 9.17) is 26.5 Å². The van der Waals surface area contributed by atoms with Crippen molar-refractivity contribution < 1.29 is 22.6 Å². The fourth-order valence-corrected chi connectivity index (χ4v) is 4.82. The molecule has 0 amide bonds. The molecule has 2 aliphatic rings. The second-order valence-electron chi connectivity index (χ2n) is 7.90. The van der Waals surface area contributed by atoms with Gasteiger partial charge < -0.3 is 9.47 Å². The highest BCUT2D eigenvalue weighted by molar-refractivity contribution is 6.30. The molecule has 0 spiro atoms. The van der Waals surface area contributed by atoms with Gasteiger partial charge in [-0.2, -0.15) is 29.0 Å². The number of ether oxygens (including phenoxy) is 2. The van der Waals surface area contributed by atoms with Crippen LogP contribution in [-0.2, 0) is 21.4 Å². The van der Waals surface area contributed by atoms with Crippen molar-refractivity contribution in [1.29, 1.82) is 21.2 Å². The van der Waals surface area contributed by atoms with Gasteiger partial charge in [0.25, 0.3) is 0 Å². The normalized spacial score (nSPS) is 29.9. The molecule has 0 aromatic heterocycles. The van der Waals surface area contributed by atoms with Crippen LogP contribution in [-0.4, -0.2) is 5.90 Å². The number of halogens is 4. The number of nitrogens with one attached hydrogen (secondary N) is 1. The fraction of sp³-hybridized carbons (Fsp3) is 0.304. The largest absolute Gasteiger partial charge is 0.443 e. The van der Waals surface area contributed by atoms with Crippen LogP contribution in [0.1, 0.15) is 29.7 Å². The van der Waals surface area contributed by atoms with Gasteiger partial charge in [-0.05, 0) is 29.8 Å². The Bertz CT molecular complexity index is 1240. The van der Waals surface area contributed by atoms with Crippen LogP contribution in [0.4, 0.5) is 13.2 Å². The molecule has 2 heterocycles. The van der Waals surface area contributed by atoms with Crippen LogP contribution in [0.15, 0.2) is 48.5 Å². The summed E-state index contributed by atoms with van der Waals surface area (Å²) in [6.07, 6.45) is -6.09. The lowest BCUT2D eigenvalue weighted by molar-refractivity contribution is -0.288. The predicted molar refractivity (Wildman–Crippen MR) is 108 cm³/mol. The van der Waals surface area contributed by atoms with Crippen LogP contribution in [0.5, 0.6) is 0 Å². The number of nitriles is 3. The second-order valence-corrected chi connectivity index (χ2v) is 8.33. The summed E-state index contributed by atoms with van der Waals surface area (Å²) in [5.74, 6) is -3.36. The molecular formula is C23H14ClF3N4O2. The molecule has 10 heteroatoms. The summed E-state index contributed by atoms with van der Waals surface area (Å²) in [4.78, 5) is 0. The smallest absolute Gasteiger partial charge is 0.416 e. The summed E-state index contributed by atoms with van der Waals surface area (Å²) in [5.41, 5.74) is -4.81. The zero-order valence-electron chi connectivity index (χ0n) is 16.9. The molecule has 0 aliphatic carbocycles. The molecule has 4 rings (SSSR count). The van der Waals surface area contributed by atoms with E-state index >= 15 is 0 Å². The molecular weight excluding hydrogens is 457 g/mol. The van der Waals surface area contributed by atoms with Gasteiger partial charge in [0, 0.05) is 10.6 Å². The number of fused-ring (bicyclic) bond motifs is 2. The summed E-state index contributed by atoms with van der Waals surface area (Å²) in [6, 6.07) is 15.7. The molecule has 2 aromatic carbocycles. The van der Waals surface area contributed by atoms with E-state index in [-0.39, 0.29) is 5.56 Å². The molecule has 2 aliphatic heterocycles. The van der Waals surface area contributed by atoms with Crippen molar-refractivity contribution in [3.8, 4) is 18.2 Å². The van der Waals surface area contributed by atoms with E-state index in [0.29, 0.717) is 10.6 Å². The van der Waals surface area contributed by atoms with E-state index < -0.39 is 46.3 Å². The first-order valence-electron chi connectivity index (χ1n) is 9.65. The predicted octanol–water partition coefficient (Wildman–Crippen LogP) is 5.47. The van der Waals surface area contributed by atoms with E-state index in [1.807, 2.05) is 18.2 Å². The molecule has 0 saturated carbocycles. The summed E-state index contributed by atoms with van der Waals surface area (Å²) >= 11 is 5.98. The molecule has 2 saturated heterocycles. The lowest BCUT2D eigenvalue weighted by Gasteiger charge is -2.48. The van der Waals surface area contributed by atoms with Gasteiger partial charge in [0.15, 0.2) is 5.41 Å². The third kappa shape index (κ3) is 2.78. The van der Waals surface area contributed by atoms with Gasteiger partial charge in [0.2, 0.25) is 17.1 Å². The third-order valence-electron chi connectivity index (χ3n) is 6.46. The van der Waals surface area contributed by atoms with Gasteiger partial charge in [-0.15, -0.1) is 0 Å². The Labute approximate surface area is 191 Å². The van der Waals surface area contributed by atoms with Crippen LogP contribution in [0.2, 0.25) is 5.02 Å². The van der Waals surface area contributed by atoms with E-state index in [9.17, 15) is 29.0 Å². The third-order valence-corrected chi connectivity index (χ3v) is 6.71. The number of benzene rings is 2. The Morgan fingerprint density at radius 2 is 1.55 bits per heavy atom. The van der Waals surface area contributed by atoms with Crippen LogP contribution < -0.4 is 0 Å². The highest BCUT2D eigenvalue weighted by atomic mass is 35.5. The maximum atomic E-state index is 13.1. The van der Waals surface area contributed by atoms with E-state index in [1.165, 1.54) is 6.92 Å². The lowest BCUT2D eigenvalue weighted by atomic mass is 9.53. The molecule has 2 aromatic rings. The maximum Gasteiger partial charge on any atom is 0.416 e. The van der Waals surface area contributed by atoms with Gasteiger partial charge in [-0.25, -0.2) is 0 Å². The van der Waals surface area contributed by atoms with Crippen molar-refractivity contribution in [1.82, 2.24) is 0 Å². The van der Waals surface area contributed by atoms with Crippen LogP contribution in [0.25, 0.3) is 0 Å². The van der Waals surface area contributed by atoms with Gasteiger partial charge in [-0.3, -0.25) is 5.41 Å². The van der Waals surface area contributed by atoms with Gasteiger partial charge in [0.1, 0.15) is 6.10 Å². The average molecular weight is 471 g/mol. The molecule has 2 fully saturated rings. The van der Waals surface area contributed by atoms with E-state index in [1.54, 1.807) is 24.3 Å². The topological polar surface area (TPSA) is 114 Å². The zero-order valence-corrected chi connectivity index (χ0v) is 17.7. The number of alkyl halides is 3. The van der Waals surface area contributed by atoms with Crippen LogP contribution in [0, 0.1) is 56.2 Å². The minimum Gasteiger partial charge on any atom is -0.443 e. The summed E-state index contributed by atoms with van der Waals surface area (Å²) in [7, 11) is 0. The molecule has 4 unspecified atom stereocenters. The Balaban J connectivity index is 1.98. The first-order valence-corrected chi connectivity index (χ1v) is 10.0. The molecule has 2 bridgehead atoms. The Morgan fingerprint density at radius 3 is 2.03 bits per heavy atom. The van der Waals surface area contributed by atoms with Gasteiger partial charge in [-0.1, -0.05) is 42.8 Å². The van der Waals surface area contributed by atoms with Crippen LogP contribution in [0.3, 0.4) is 0 Å². The molecule has 6 nitrogen and oxygen atoms in total. The molecule has 33 heavy (non-hydrogen) atoms. The van der Waals surface area contributed by atoms with Crippen molar-refractivity contribution in [2.45, 2.75) is 25.0 Å². The Morgan fingerprint density at radius 1 is 0.970 bits per heavy atom. The van der Waals surface area contributed by atoms with Gasteiger partial charge >= 0.3 is 6.18 Å². The van der Waals surface area contributed by atoms with E-state index in [2.05, 4.69) is 0 Å². The summed E-state index contributed by atoms with van der Waals surface area (Å²) < 4.78 is 51.3. The van der Waals surface area contributed by atoms with Crippen molar-refractivity contribution >= 4 is 17.5 Å². The standard InChI is InChI=1S/C23H14ClF3N4O2/c1-13-21(12-30)19(31)33-22(13,15-6-8-17(24)9-7-15)32-18(20(21,10-28)11-29)14-2-4-16(5-3-14)23(25,26)27/h2-9,13,18,31H,1H3. The highest BCUT2D eigenvalue weighted by Crippen LogP contribution is 2.69. The summed E-state index contributed by atoms with van der Waals surface area (Å²) in [5, 5.41) is 39.4. The monoisotopic (exact) mass is 470 g/mol. The SMILES string of the molecule is CC1C2(c3ccc(Cl)cc3)OC(=N)C1(C#N)C(C#N)(C#N)C(c1ccc(C(F)(F)F)cc1)O2. The maximum absolute atomic E-state index is 13.1. The zero-order chi connectivity index (χ0) is 24.2.